The normalized spacial score (nSPS) is 38.9. The number of nitrogens with one attached hydrogen (secondary N) is 1. The second kappa shape index (κ2) is 5.93. The van der Waals surface area contributed by atoms with Crippen molar-refractivity contribution in [2.75, 3.05) is 0 Å². The van der Waals surface area contributed by atoms with Crippen molar-refractivity contribution < 1.29 is 14.7 Å². The highest BCUT2D eigenvalue weighted by Gasteiger charge is 2.39. The third kappa shape index (κ3) is 3.10. The Balaban J connectivity index is 1.95. The zero-order valence-electron chi connectivity index (χ0n) is 11.9. The smallest absolute Gasteiger partial charge is 0.307 e. The van der Waals surface area contributed by atoms with Crippen molar-refractivity contribution >= 4 is 11.9 Å². The maximum absolute atomic E-state index is 12.3. The molecule has 2 aliphatic rings. The van der Waals surface area contributed by atoms with Crippen LogP contribution in [0.4, 0.5) is 0 Å². The van der Waals surface area contributed by atoms with E-state index in [9.17, 15) is 9.59 Å². The molecule has 0 aliphatic heterocycles. The lowest BCUT2D eigenvalue weighted by molar-refractivity contribution is -0.146. The quantitative estimate of drug-likeness (QED) is 0.825. The minimum Gasteiger partial charge on any atom is -0.481 e. The number of amides is 1. The number of rotatable bonds is 3. The fourth-order valence-electron chi connectivity index (χ4n) is 3.64. The van der Waals surface area contributed by atoms with E-state index in [4.69, 9.17) is 5.11 Å². The first kappa shape index (κ1) is 14.4. The van der Waals surface area contributed by atoms with Crippen molar-refractivity contribution in [3.8, 4) is 0 Å². The molecular formula is C15H25NO3. The topological polar surface area (TPSA) is 66.4 Å². The summed E-state index contributed by atoms with van der Waals surface area (Å²) >= 11 is 0. The molecule has 108 valence electrons. The van der Waals surface area contributed by atoms with E-state index in [2.05, 4.69) is 19.2 Å². The summed E-state index contributed by atoms with van der Waals surface area (Å²) in [6.07, 6.45) is 5.63. The molecule has 0 saturated heterocycles. The average Bonchev–Trinajstić information content (AvgIpc) is 2.84. The van der Waals surface area contributed by atoms with Gasteiger partial charge >= 0.3 is 5.97 Å². The molecule has 4 heteroatoms. The van der Waals surface area contributed by atoms with Gasteiger partial charge in [-0.1, -0.05) is 33.1 Å². The minimum absolute atomic E-state index is 0.0316. The number of aliphatic carboxylic acids is 1. The number of carbonyl (C=O) groups excluding carboxylic acids is 1. The molecule has 2 fully saturated rings. The van der Waals surface area contributed by atoms with Crippen LogP contribution in [0.5, 0.6) is 0 Å². The lowest BCUT2D eigenvalue weighted by Gasteiger charge is -2.35. The van der Waals surface area contributed by atoms with Crippen LogP contribution in [-0.2, 0) is 9.59 Å². The maximum atomic E-state index is 12.3. The SMILES string of the molecule is CC1CCCC(NC(=O)[C@@H]2CCC[C@@H]2C(=O)O)C1C. The van der Waals surface area contributed by atoms with Crippen LogP contribution in [-0.4, -0.2) is 23.0 Å². The van der Waals surface area contributed by atoms with Gasteiger partial charge in [-0.05, 0) is 31.1 Å². The molecule has 2 rings (SSSR count). The van der Waals surface area contributed by atoms with Crippen molar-refractivity contribution in [3.05, 3.63) is 0 Å². The van der Waals surface area contributed by atoms with Crippen LogP contribution in [0, 0.1) is 23.7 Å². The minimum atomic E-state index is -0.817. The molecule has 2 saturated carbocycles. The second-order valence-corrected chi connectivity index (χ2v) is 6.36. The molecule has 0 aromatic rings. The van der Waals surface area contributed by atoms with Crippen LogP contribution in [0.2, 0.25) is 0 Å². The van der Waals surface area contributed by atoms with E-state index < -0.39 is 11.9 Å². The van der Waals surface area contributed by atoms with Crippen molar-refractivity contribution in [1.29, 1.82) is 0 Å². The first-order valence-electron chi connectivity index (χ1n) is 7.54. The fraction of sp³-hybridized carbons (Fsp3) is 0.867. The van der Waals surface area contributed by atoms with E-state index >= 15 is 0 Å². The molecule has 0 aromatic carbocycles. The Hall–Kier alpha value is -1.06. The Morgan fingerprint density at radius 3 is 2.32 bits per heavy atom. The highest BCUT2D eigenvalue weighted by atomic mass is 16.4. The summed E-state index contributed by atoms with van der Waals surface area (Å²) in [5, 5.41) is 12.3. The Kier molecular flexibility index (Phi) is 4.48. The second-order valence-electron chi connectivity index (χ2n) is 6.36. The van der Waals surface area contributed by atoms with Gasteiger partial charge in [0.05, 0.1) is 11.8 Å². The molecule has 5 atom stereocenters. The summed E-state index contributed by atoms with van der Waals surface area (Å²) in [5.41, 5.74) is 0. The zero-order chi connectivity index (χ0) is 14.0. The van der Waals surface area contributed by atoms with Crippen molar-refractivity contribution in [3.63, 3.8) is 0 Å². The van der Waals surface area contributed by atoms with Gasteiger partial charge in [-0.2, -0.15) is 0 Å². The van der Waals surface area contributed by atoms with Crippen molar-refractivity contribution in [2.24, 2.45) is 23.7 Å². The van der Waals surface area contributed by atoms with Gasteiger partial charge in [-0.25, -0.2) is 0 Å². The van der Waals surface area contributed by atoms with E-state index in [1.54, 1.807) is 0 Å². The summed E-state index contributed by atoms with van der Waals surface area (Å²) in [5.74, 6) is -0.517. The average molecular weight is 267 g/mol. The largest absolute Gasteiger partial charge is 0.481 e. The van der Waals surface area contributed by atoms with Gasteiger partial charge in [0.15, 0.2) is 0 Å². The van der Waals surface area contributed by atoms with Gasteiger partial charge in [0.2, 0.25) is 5.91 Å². The van der Waals surface area contributed by atoms with Crippen LogP contribution < -0.4 is 5.32 Å². The predicted molar refractivity (Wildman–Crippen MR) is 72.6 cm³/mol. The third-order valence-corrected chi connectivity index (χ3v) is 5.20. The fourth-order valence-corrected chi connectivity index (χ4v) is 3.64. The molecule has 3 unspecified atom stereocenters. The standard InChI is InChI=1S/C15H25NO3/c1-9-5-3-8-13(10(9)2)16-14(17)11-6-4-7-12(11)15(18)19/h9-13H,3-8H2,1-2H3,(H,16,17)(H,18,19)/t9?,10?,11-,12+,13?/m1/s1. The molecule has 0 aromatic heterocycles. The molecule has 4 nitrogen and oxygen atoms in total. The van der Waals surface area contributed by atoms with Gasteiger partial charge < -0.3 is 10.4 Å². The monoisotopic (exact) mass is 267 g/mol. The molecule has 1 amide bonds. The summed E-state index contributed by atoms with van der Waals surface area (Å²) in [7, 11) is 0. The summed E-state index contributed by atoms with van der Waals surface area (Å²) in [6.45, 7) is 4.43. The summed E-state index contributed by atoms with van der Waals surface area (Å²) < 4.78 is 0. The van der Waals surface area contributed by atoms with Gasteiger partial charge in [0.25, 0.3) is 0 Å². The van der Waals surface area contributed by atoms with Crippen LogP contribution in [0.1, 0.15) is 52.4 Å². The number of carboxylic acids is 1. The molecule has 2 aliphatic carbocycles. The predicted octanol–water partition coefficient (Wildman–Crippen LogP) is 2.43. The zero-order valence-corrected chi connectivity index (χ0v) is 11.9. The van der Waals surface area contributed by atoms with E-state index in [0.29, 0.717) is 18.3 Å². The van der Waals surface area contributed by atoms with Gasteiger partial charge in [-0.3, -0.25) is 9.59 Å². The Morgan fingerprint density at radius 1 is 1.00 bits per heavy atom. The highest BCUT2D eigenvalue weighted by Crippen LogP contribution is 2.34. The van der Waals surface area contributed by atoms with Gasteiger partial charge in [0, 0.05) is 6.04 Å². The van der Waals surface area contributed by atoms with Gasteiger partial charge in [-0.15, -0.1) is 0 Å². The molecule has 0 heterocycles. The number of hydrogen-bond donors (Lipinski definition) is 2. The number of hydrogen-bond acceptors (Lipinski definition) is 2. The van der Waals surface area contributed by atoms with Gasteiger partial charge in [0.1, 0.15) is 0 Å². The van der Waals surface area contributed by atoms with Crippen LogP contribution in [0.25, 0.3) is 0 Å². The van der Waals surface area contributed by atoms with Crippen molar-refractivity contribution in [2.45, 2.75) is 58.4 Å². The summed E-state index contributed by atoms with van der Waals surface area (Å²) in [6, 6.07) is 0.228. The van der Waals surface area contributed by atoms with E-state index in [-0.39, 0.29) is 17.9 Å². The Morgan fingerprint density at radius 2 is 1.63 bits per heavy atom. The van der Waals surface area contributed by atoms with E-state index in [1.165, 1.54) is 6.42 Å². The summed E-state index contributed by atoms with van der Waals surface area (Å²) in [4.78, 5) is 23.5. The molecule has 0 radical (unpaired) electrons. The molecule has 2 N–H and O–H groups in total. The molecule has 0 bridgehead atoms. The van der Waals surface area contributed by atoms with E-state index in [1.807, 2.05) is 0 Å². The van der Waals surface area contributed by atoms with Crippen LogP contribution in [0.15, 0.2) is 0 Å². The Bertz CT molecular complexity index is 355. The molecular weight excluding hydrogens is 242 g/mol. The highest BCUT2D eigenvalue weighted by molar-refractivity contribution is 5.85. The number of carbonyl (C=O) groups is 2. The first-order chi connectivity index (χ1) is 9.00. The van der Waals surface area contributed by atoms with Crippen LogP contribution >= 0.6 is 0 Å². The lowest BCUT2D eigenvalue weighted by atomic mass is 9.78. The van der Waals surface area contributed by atoms with Crippen LogP contribution in [0.3, 0.4) is 0 Å². The third-order valence-electron chi connectivity index (χ3n) is 5.20. The molecule has 0 spiro atoms. The molecule has 19 heavy (non-hydrogen) atoms. The lowest BCUT2D eigenvalue weighted by Crippen LogP contribution is -2.47. The Labute approximate surface area is 115 Å². The van der Waals surface area contributed by atoms with Crippen molar-refractivity contribution in [1.82, 2.24) is 5.32 Å². The maximum Gasteiger partial charge on any atom is 0.307 e. The first-order valence-corrected chi connectivity index (χ1v) is 7.54. The van der Waals surface area contributed by atoms with E-state index in [0.717, 1.165) is 25.7 Å². The number of carboxylic acid groups (broad SMARTS) is 1.